The van der Waals surface area contributed by atoms with Crippen molar-refractivity contribution < 1.29 is 22.7 Å². The van der Waals surface area contributed by atoms with Crippen LogP contribution in [0.15, 0.2) is 29.2 Å². The van der Waals surface area contributed by atoms with Crippen molar-refractivity contribution in [1.29, 1.82) is 0 Å². The number of esters is 1. The number of sulfonamides is 1. The zero-order valence-corrected chi connectivity index (χ0v) is 17.0. The molecule has 2 atom stereocenters. The summed E-state index contributed by atoms with van der Waals surface area (Å²) in [6, 6.07) is 5.76. The second-order valence-electron chi connectivity index (χ2n) is 6.45. The largest absolute Gasteiger partial charge is 0.469 e. The third-order valence-corrected chi connectivity index (χ3v) is 6.17. The minimum atomic E-state index is -3.55. The maximum atomic E-state index is 12.9. The molecule has 146 valence electrons. The lowest BCUT2D eigenvalue weighted by molar-refractivity contribution is -0.145. The van der Waals surface area contributed by atoms with Gasteiger partial charge in [-0.25, -0.2) is 12.7 Å². The van der Waals surface area contributed by atoms with Gasteiger partial charge in [-0.05, 0) is 37.6 Å². The minimum absolute atomic E-state index is 0.0696. The van der Waals surface area contributed by atoms with E-state index in [1.165, 1.54) is 45.5 Å². The Morgan fingerprint density at radius 2 is 1.65 bits per heavy atom. The normalized spacial score (nSPS) is 14.0. The number of methoxy groups -OCH3 is 1. The summed E-state index contributed by atoms with van der Waals surface area (Å²) in [5, 5.41) is 0. The summed E-state index contributed by atoms with van der Waals surface area (Å²) in [4.78, 5) is 26.3. The summed E-state index contributed by atoms with van der Waals surface area (Å²) in [5.74, 6) is -1.08. The summed E-state index contributed by atoms with van der Waals surface area (Å²) < 4.78 is 30.1. The quantitative estimate of drug-likeness (QED) is 0.640. The molecular weight excluding hydrogens is 356 g/mol. The molecule has 1 aromatic rings. The number of carbonyl (C=O) groups excluding carboxylic acids is 2. The van der Waals surface area contributed by atoms with Crippen LogP contribution in [0.4, 0.5) is 0 Å². The van der Waals surface area contributed by atoms with Crippen molar-refractivity contribution in [2.45, 2.75) is 38.1 Å². The predicted octanol–water partition coefficient (Wildman–Crippen LogP) is 1.99. The van der Waals surface area contributed by atoms with Crippen LogP contribution in [0.3, 0.4) is 0 Å². The van der Waals surface area contributed by atoms with Crippen molar-refractivity contribution in [1.82, 2.24) is 9.21 Å². The van der Waals surface area contributed by atoms with Gasteiger partial charge in [0.2, 0.25) is 10.0 Å². The molecule has 0 aliphatic heterocycles. The fraction of sp³-hybridized carbons (Fsp3) is 0.556. The molecule has 0 aliphatic rings. The van der Waals surface area contributed by atoms with Gasteiger partial charge >= 0.3 is 5.97 Å². The zero-order valence-electron chi connectivity index (χ0n) is 16.2. The molecule has 0 saturated heterocycles. The summed E-state index contributed by atoms with van der Waals surface area (Å²) in [7, 11) is 0.674. The van der Waals surface area contributed by atoms with E-state index >= 15 is 0 Å². The summed E-state index contributed by atoms with van der Waals surface area (Å²) in [6.07, 6.45) is 0.729. The zero-order chi connectivity index (χ0) is 20.1. The van der Waals surface area contributed by atoms with E-state index in [4.69, 9.17) is 4.74 Å². The molecule has 8 heteroatoms. The Morgan fingerprint density at radius 3 is 2.08 bits per heavy atom. The molecule has 0 radical (unpaired) electrons. The number of hydrogen-bond acceptors (Lipinski definition) is 5. The van der Waals surface area contributed by atoms with Gasteiger partial charge < -0.3 is 9.64 Å². The van der Waals surface area contributed by atoms with Gasteiger partial charge in [-0.3, -0.25) is 9.59 Å². The van der Waals surface area contributed by atoms with Gasteiger partial charge in [0.05, 0.1) is 17.9 Å². The number of benzene rings is 1. The summed E-state index contributed by atoms with van der Waals surface area (Å²) in [6.45, 7) is 5.81. The highest BCUT2D eigenvalue weighted by molar-refractivity contribution is 7.89. The molecule has 1 aromatic carbocycles. The number of ether oxygens (including phenoxy) is 1. The molecular formula is C18H28N2O5S. The molecule has 0 aromatic heterocycles. The van der Waals surface area contributed by atoms with Crippen LogP contribution in [0.5, 0.6) is 0 Å². The standard InChI is InChI=1S/C18H28N2O5S/c1-7-14(3)20(12-13(2)18(22)25-6)17(21)15-8-10-16(11-9-15)26(23,24)19(4)5/h8-11,13-14H,7,12H2,1-6H3. The third kappa shape index (κ3) is 5.04. The van der Waals surface area contributed by atoms with Crippen LogP contribution in [-0.4, -0.2) is 63.3 Å². The maximum absolute atomic E-state index is 12.9. The smallest absolute Gasteiger partial charge is 0.310 e. The molecule has 2 unspecified atom stereocenters. The average Bonchev–Trinajstić information content (AvgIpc) is 2.63. The van der Waals surface area contributed by atoms with Crippen molar-refractivity contribution in [3.05, 3.63) is 29.8 Å². The Hall–Kier alpha value is -1.93. The first kappa shape index (κ1) is 22.1. The monoisotopic (exact) mass is 384 g/mol. The van der Waals surface area contributed by atoms with Crippen LogP contribution in [0, 0.1) is 5.92 Å². The average molecular weight is 384 g/mol. The van der Waals surface area contributed by atoms with E-state index in [-0.39, 0.29) is 29.4 Å². The fourth-order valence-corrected chi connectivity index (χ4v) is 3.30. The maximum Gasteiger partial charge on any atom is 0.310 e. The van der Waals surface area contributed by atoms with Crippen LogP contribution in [-0.2, 0) is 19.6 Å². The number of hydrogen-bond donors (Lipinski definition) is 0. The molecule has 0 spiro atoms. The molecule has 26 heavy (non-hydrogen) atoms. The lowest BCUT2D eigenvalue weighted by Crippen LogP contribution is -2.42. The van der Waals surface area contributed by atoms with Crippen LogP contribution in [0.2, 0.25) is 0 Å². The lowest BCUT2D eigenvalue weighted by atomic mass is 10.1. The second kappa shape index (κ2) is 9.14. The summed E-state index contributed by atoms with van der Waals surface area (Å²) >= 11 is 0. The third-order valence-electron chi connectivity index (χ3n) is 4.34. The van der Waals surface area contributed by atoms with Crippen molar-refractivity contribution in [2.75, 3.05) is 27.7 Å². The van der Waals surface area contributed by atoms with Crippen LogP contribution < -0.4 is 0 Å². The highest BCUT2D eigenvalue weighted by Crippen LogP contribution is 2.18. The molecule has 7 nitrogen and oxygen atoms in total. The van der Waals surface area contributed by atoms with E-state index in [0.29, 0.717) is 5.56 Å². The Morgan fingerprint density at radius 1 is 1.12 bits per heavy atom. The number of rotatable bonds is 8. The Labute approximate surface area is 156 Å². The van der Waals surface area contributed by atoms with Crippen LogP contribution in [0.1, 0.15) is 37.6 Å². The van der Waals surface area contributed by atoms with Crippen molar-refractivity contribution in [2.24, 2.45) is 5.92 Å². The van der Waals surface area contributed by atoms with Gasteiger partial charge in [0.25, 0.3) is 5.91 Å². The Balaban J connectivity index is 3.10. The van der Waals surface area contributed by atoms with E-state index < -0.39 is 15.9 Å². The van der Waals surface area contributed by atoms with Crippen LogP contribution >= 0.6 is 0 Å². The molecule has 0 N–H and O–H groups in total. The second-order valence-corrected chi connectivity index (χ2v) is 8.60. The molecule has 0 bridgehead atoms. The molecule has 0 saturated carbocycles. The topological polar surface area (TPSA) is 84.0 Å². The summed E-state index contributed by atoms with van der Waals surface area (Å²) in [5.41, 5.74) is 0.375. The first-order chi connectivity index (χ1) is 12.1. The number of carbonyl (C=O) groups is 2. The van der Waals surface area contributed by atoms with Crippen molar-refractivity contribution >= 4 is 21.9 Å². The highest BCUT2D eigenvalue weighted by Gasteiger charge is 2.26. The molecule has 1 amide bonds. The Bertz CT molecular complexity index is 728. The molecule has 0 heterocycles. The van der Waals surface area contributed by atoms with Gasteiger partial charge in [-0.1, -0.05) is 13.8 Å². The van der Waals surface area contributed by atoms with Crippen molar-refractivity contribution in [3.8, 4) is 0 Å². The lowest BCUT2D eigenvalue weighted by Gasteiger charge is -2.30. The highest BCUT2D eigenvalue weighted by atomic mass is 32.2. The van der Waals surface area contributed by atoms with E-state index in [9.17, 15) is 18.0 Å². The molecule has 0 fully saturated rings. The number of nitrogens with zero attached hydrogens (tertiary/aromatic N) is 2. The minimum Gasteiger partial charge on any atom is -0.469 e. The van der Waals surface area contributed by atoms with E-state index in [1.807, 2.05) is 13.8 Å². The first-order valence-electron chi connectivity index (χ1n) is 8.47. The number of amides is 1. The van der Waals surface area contributed by atoms with Gasteiger partial charge in [0, 0.05) is 32.2 Å². The predicted molar refractivity (Wildman–Crippen MR) is 99.3 cm³/mol. The SMILES string of the molecule is CCC(C)N(CC(C)C(=O)OC)C(=O)c1ccc(S(=O)(=O)N(C)C)cc1. The van der Waals surface area contributed by atoms with Crippen LogP contribution in [0.25, 0.3) is 0 Å². The van der Waals surface area contributed by atoms with E-state index in [1.54, 1.807) is 11.8 Å². The molecule has 1 rings (SSSR count). The van der Waals surface area contributed by atoms with Gasteiger partial charge in [-0.15, -0.1) is 0 Å². The van der Waals surface area contributed by atoms with Gasteiger partial charge in [0.1, 0.15) is 0 Å². The Kier molecular flexibility index (Phi) is 7.77. The van der Waals surface area contributed by atoms with E-state index in [0.717, 1.165) is 10.7 Å². The molecule has 0 aliphatic carbocycles. The fourth-order valence-electron chi connectivity index (χ4n) is 2.40. The first-order valence-corrected chi connectivity index (χ1v) is 9.91. The van der Waals surface area contributed by atoms with Crippen molar-refractivity contribution in [3.63, 3.8) is 0 Å². The van der Waals surface area contributed by atoms with Gasteiger partial charge in [-0.2, -0.15) is 0 Å². The van der Waals surface area contributed by atoms with E-state index in [2.05, 4.69) is 0 Å². The van der Waals surface area contributed by atoms with Gasteiger partial charge in [0.15, 0.2) is 0 Å².